The van der Waals surface area contributed by atoms with Gasteiger partial charge in [0.15, 0.2) is 5.96 Å². The summed E-state index contributed by atoms with van der Waals surface area (Å²) in [7, 11) is 0. The number of rotatable bonds is 8. The lowest BCUT2D eigenvalue weighted by molar-refractivity contribution is 0.167. The van der Waals surface area contributed by atoms with E-state index in [0.29, 0.717) is 12.1 Å². The topological polar surface area (TPSA) is 42.9 Å². The Bertz CT molecular complexity index is 401. The van der Waals surface area contributed by atoms with Crippen molar-refractivity contribution in [2.24, 2.45) is 10.9 Å². The molecule has 2 aliphatic heterocycles. The van der Waals surface area contributed by atoms with Crippen LogP contribution in [0.25, 0.3) is 0 Å². The standard InChI is InChI=1S/C21H43N5/c1-5-22-21(24-20-10-15-26(16-11-20)18(2)3)23-12-6-7-13-25-14-8-9-19(4)17-25/h18-20H,5-17H2,1-4H3,(H2,22,23,24). The monoisotopic (exact) mass is 365 g/mol. The fraction of sp³-hybridized carbons (Fsp3) is 0.952. The number of aliphatic imine (C=N–C) groups is 1. The van der Waals surface area contributed by atoms with Crippen LogP contribution in [0.3, 0.4) is 0 Å². The molecule has 1 atom stereocenters. The van der Waals surface area contributed by atoms with Gasteiger partial charge in [0.05, 0.1) is 0 Å². The van der Waals surface area contributed by atoms with Crippen molar-refractivity contribution >= 4 is 5.96 Å². The van der Waals surface area contributed by atoms with Gasteiger partial charge in [0, 0.05) is 44.8 Å². The zero-order valence-electron chi connectivity index (χ0n) is 17.8. The molecule has 152 valence electrons. The molecule has 0 amide bonds. The summed E-state index contributed by atoms with van der Waals surface area (Å²) in [4.78, 5) is 10.0. The SMILES string of the molecule is CCNC(=NCCCCN1CCCC(C)C1)NC1CCN(C(C)C)CC1. The van der Waals surface area contributed by atoms with Crippen molar-refractivity contribution < 1.29 is 0 Å². The summed E-state index contributed by atoms with van der Waals surface area (Å²) in [6.07, 6.45) is 7.68. The molecular formula is C21H43N5. The molecule has 2 fully saturated rings. The van der Waals surface area contributed by atoms with Crippen LogP contribution in [0.4, 0.5) is 0 Å². The number of likely N-dealkylation sites (tertiary alicyclic amines) is 2. The van der Waals surface area contributed by atoms with Crippen LogP contribution in [0.15, 0.2) is 4.99 Å². The van der Waals surface area contributed by atoms with Crippen LogP contribution in [0.2, 0.25) is 0 Å². The van der Waals surface area contributed by atoms with Gasteiger partial charge in [-0.25, -0.2) is 0 Å². The molecule has 2 rings (SSSR count). The Labute approximate surface area is 162 Å². The van der Waals surface area contributed by atoms with Crippen LogP contribution >= 0.6 is 0 Å². The number of piperidine rings is 2. The van der Waals surface area contributed by atoms with Gasteiger partial charge in [0.2, 0.25) is 0 Å². The van der Waals surface area contributed by atoms with Crippen molar-refractivity contribution in [2.75, 3.05) is 45.8 Å². The van der Waals surface area contributed by atoms with Gasteiger partial charge in [0.25, 0.3) is 0 Å². The predicted molar refractivity (Wildman–Crippen MR) is 113 cm³/mol. The van der Waals surface area contributed by atoms with Crippen molar-refractivity contribution in [3.63, 3.8) is 0 Å². The van der Waals surface area contributed by atoms with Crippen molar-refractivity contribution in [1.82, 2.24) is 20.4 Å². The Hall–Kier alpha value is -0.810. The smallest absolute Gasteiger partial charge is 0.191 e. The summed E-state index contributed by atoms with van der Waals surface area (Å²) < 4.78 is 0. The van der Waals surface area contributed by atoms with Gasteiger partial charge in [-0.15, -0.1) is 0 Å². The third-order valence-corrected chi connectivity index (χ3v) is 5.84. The fourth-order valence-corrected chi connectivity index (χ4v) is 4.20. The zero-order valence-corrected chi connectivity index (χ0v) is 17.8. The second-order valence-corrected chi connectivity index (χ2v) is 8.56. The first-order valence-corrected chi connectivity index (χ1v) is 11.1. The molecule has 1 unspecified atom stereocenters. The molecular weight excluding hydrogens is 322 g/mol. The highest BCUT2D eigenvalue weighted by Gasteiger charge is 2.21. The summed E-state index contributed by atoms with van der Waals surface area (Å²) in [5, 5.41) is 7.09. The molecule has 0 aromatic rings. The molecule has 0 saturated carbocycles. The van der Waals surface area contributed by atoms with Gasteiger partial charge in [-0.3, -0.25) is 4.99 Å². The van der Waals surface area contributed by atoms with Crippen molar-refractivity contribution in [3.05, 3.63) is 0 Å². The van der Waals surface area contributed by atoms with Crippen molar-refractivity contribution in [2.45, 2.75) is 78.3 Å². The Morgan fingerprint density at radius 1 is 1.12 bits per heavy atom. The maximum absolute atomic E-state index is 4.82. The fourth-order valence-electron chi connectivity index (χ4n) is 4.20. The summed E-state index contributed by atoms with van der Waals surface area (Å²) in [5.41, 5.74) is 0. The minimum atomic E-state index is 0.567. The second-order valence-electron chi connectivity index (χ2n) is 8.56. The highest BCUT2D eigenvalue weighted by atomic mass is 15.2. The summed E-state index contributed by atoms with van der Waals surface area (Å²) in [6.45, 7) is 17.2. The number of nitrogens with one attached hydrogen (secondary N) is 2. The van der Waals surface area contributed by atoms with Crippen LogP contribution in [0, 0.1) is 5.92 Å². The zero-order chi connectivity index (χ0) is 18.8. The summed E-state index contributed by atoms with van der Waals surface area (Å²) in [5.74, 6) is 1.90. The van der Waals surface area contributed by atoms with E-state index in [1.807, 2.05) is 0 Å². The molecule has 5 nitrogen and oxygen atoms in total. The third kappa shape index (κ3) is 7.83. The Morgan fingerprint density at radius 3 is 2.54 bits per heavy atom. The van der Waals surface area contributed by atoms with Crippen LogP contribution in [-0.2, 0) is 0 Å². The molecule has 0 aliphatic carbocycles. The minimum absolute atomic E-state index is 0.567. The first kappa shape index (κ1) is 21.5. The average molecular weight is 366 g/mol. The minimum Gasteiger partial charge on any atom is -0.357 e. The van der Waals surface area contributed by atoms with Gasteiger partial charge in [-0.1, -0.05) is 6.92 Å². The molecule has 0 aromatic carbocycles. The van der Waals surface area contributed by atoms with Gasteiger partial charge in [0.1, 0.15) is 0 Å². The van der Waals surface area contributed by atoms with Gasteiger partial charge in [-0.2, -0.15) is 0 Å². The molecule has 0 spiro atoms. The molecule has 5 heteroatoms. The van der Waals surface area contributed by atoms with E-state index in [0.717, 1.165) is 25.0 Å². The normalized spacial score (nSPS) is 24.2. The maximum atomic E-state index is 4.82. The Kier molecular flexibility index (Phi) is 9.76. The quantitative estimate of drug-likeness (QED) is 0.394. The molecule has 26 heavy (non-hydrogen) atoms. The maximum Gasteiger partial charge on any atom is 0.191 e. The molecule has 2 heterocycles. The van der Waals surface area contributed by atoms with Crippen molar-refractivity contribution in [1.29, 1.82) is 0 Å². The molecule has 0 bridgehead atoms. The van der Waals surface area contributed by atoms with E-state index in [-0.39, 0.29) is 0 Å². The lowest BCUT2D eigenvalue weighted by Crippen LogP contribution is -2.49. The van der Waals surface area contributed by atoms with Crippen LogP contribution in [0.5, 0.6) is 0 Å². The summed E-state index contributed by atoms with van der Waals surface area (Å²) in [6, 6.07) is 1.23. The van der Waals surface area contributed by atoms with E-state index < -0.39 is 0 Å². The van der Waals surface area contributed by atoms with E-state index in [1.54, 1.807) is 0 Å². The highest BCUT2D eigenvalue weighted by molar-refractivity contribution is 5.80. The first-order valence-electron chi connectivity index (χ1n) is 11.1. The molecule has 2 aliphatic rings. The molecule has 0 radical (unpaired) electrons. The van der Waals surface area contributed by atoms with Crippen LogP contribution < -0.4 is 10.6 Å². The van der Waals surface area contributed by atoms with Crippen LogP contribution in [0.1, 0.15) is 66.2 Å². The van der Waals surface area contributed by atoms with E-state index in [9.17, 15) is 0 Å². The molecule has 0 aromatic heterocycles. The second kappa shape index (κ2) is 11.8. The first-order chi connectivity index (χ1) is 12.6. The van der Waals surface area contributed by atoms with Gasteiger partial charge >= 0.3 is 0 Å². The van der Waals surface area contributed by atoms with E-state index in [2.05, 4.69) is 48.1 Å². The Morgan fingerprint density at radius 2 is 1.88 bits per heavy atom. The molecule has 2 N–H and O–H groups in total. The number of nitrogens with zero attached hydrogens (tertiary/aromatic N) is 3. The third-order valence-electron chi connectivity index (χ3n) is 5.84. The summed E-state index contributed by atoms with van der Waals surface area (Å²) >= 11 is 0. The number of unbranched alkanes of at least 4 members (excludes halogenated alkanes) is 1. The predicted octanol–water partition coefficient (Wildman–Crippen LogP) is 2.93. The Balaban J connectivity index is 1.64. The molecule has 2 saturated heterocycles. The van der Waals surface area contributed by atoms with E-state index >= 15 is 0 Å². The van der Waals surface area contributed by atoms with Crippen LogP contribution in [-0.4, -0.2) is 73.7 Å². The van der Waals surface area contributed by atoms with E-state index in [4.69, 9.17) is 4.99 Å². The number of guanidine groups is 1. The van der Waals surface area contributed by atoms with Crippen molar-refractivity contribution in [3.8, 4) is 0 Å². The van der Waals surface area contributed by atoms with E-state index in [1.165, 1.54) is 71.2 Å². The van der Waals surface area contributed by atoms with Gasteiger partial charge < -0.3 is 20.4 Å². The average Bonchev–Trinajstić information content (AvgIpc) is 2.62. The highest BCUT2D eigenvalue weighted by Crippen LogP contribution is 2.16. The number of hydrogen-bond acceptors (Lipinski definition) is 3. The largest absolute Gasteiger partial charge is 0.357 e. The number of hydrogen-bond donors (Lipinski definition) is 2. The lowest BCUT2D eigenvalue weighted by atomic mass is 10.0. The lowest BCUT2D eigenvalue weighted by Gasteiger charge is -2.35. The van der Waals surface area contributed by atoms with Gasteiger partial charge in [-0.05, 0) is 78.3 Å².